The summed E-state index contributed by atoms with van der Waals surface area (Å²) < 4.78 is 11.5. The Labute approximate surface area is 235 Å². The molecule has 200 valence electrons. The van der Waals surface area contributed by atoms with Gasteiger partial charge in [-0.05, 0) is 78.7 Å². The van der Waals surface area contributed by atoms with Crippen molar-refractivity contribution in [2.75, 3.05) is 26.7 Å². The molecule has 1 unspecified atom stereocenters. The van der Waals surface area contributed by atoms with Crippen LogP contribution in [-0.2, 0) is 28.2 Å². The van der Waals surface area contributed by atoms with Gasteiger partial charge in [-0.15, -0.1) is 0 Å². The molecule has 1 saturated heterocycles. The van der Waals surface area contributed by atoms with Crippen LogP contribution < -0.4 is 10.1 Å². The van der Waals surface area contributed by atoms with Gasteiger partial charge in [0.2, 0.25) is 5.91 Å². The molecule has 0 aliphatic carbocycles. The van der Waals surface area contributed by atoms with Gasteiger partial charge in [0.1, 0.15) is 5.75 Å². The third kappa shape index (κ3) is 6.18. The highest BCUT2D eigenvalue weighted by atomic mass is 35.5. The molecule has 2 aliphatic rings. The maximum absolute atomic E-state index is 13.0. The molecule has 1 fully saturated rings. The minimum absolute atomic E-state index is 0.0248. The molecule has 5 nitrogen and oxygen atoms in total. The maximum atomic E-state index is 13.0. The Bertz CT molecular complexity index is 1260. The van der Waals surface area contributed by atoms with Gasteiger partial charge in [-0.3, -0.25) is 4.79 Å². The molecule has 38 heavy (non-hydrogen) atoms. The molecule has 3 aromatic carbocycles. The molecule has 0 radical (unpaired) electrons. The smallest absolute Gasteiger partial charge is 0.224 e. The number of nitrogens with one attached hydrogen (secondary N) is 1. The zero-order valence-corrected chi connectivity index (χ0v) is 23.2. The van der Waals surface area contributed by atoms with E-state index in [4.69, 9.17) is 32.7 Å². The van der Waals surface area contributed by atoms with Gasteiger partial charge in [0.05, 0.1) is 41.8 Å². The van der Waals surface area contributed by atoms with Crippen molar-refractivity contribution in [1.29, 1.82) is 0 Å². The summed E-state index contributed by atoms with van der Waals surface area (Å²) in [7, 11) is 1.63. The zero-order chi connectivity index (χ0) is 26.5. The van der Waals surface area contributed by atoms with E-state index in [1.807, 2.05) is 36.4 Å². The summed E-state index contributed by atoms with van der Waals surface area (Å²) in [6.45, 7) is 3.72. The van der Waals surface area contributed by atoms with Crippen molar-refractivity contribution < 1.29 is 14.3 Å². The summed E-state index contributed by atoms with van der Waals surface area (Å²) in [5.41, 5.74) is 4.49. The Hall–Kier alpha value is -2.57. The number of hydrogen-bond acceptors (Lipinski definition) is 4. The molecule has 1 amide bonds. The van der Waals surface area contributed by atoms with Crippen LogP contribution in [0.15, 0.2) is 66.7 Å². The second kappa shape index (κ2) is 12.1. The Morgan fingerprint density at radius 3 is 2.55 bits per heavy atom. The van der Waals surface area contributed by atoms with Crippen molar-refractivity contribution in [3.05, 3.63) is 99.0 Å². The summed E-state index contributed by atoms with van der Waals surface area (Å²) in [6, 6.07) is 21.7. The second-order valence-corrected chi connectivity index (χ2v) is 11.1. The summed E-state index contributed by atoms with van der Waals surface area (Å²) in [5.74, 6) is 0.748. The number of halogens is 2. The van der Waals surface area contributed by atoms with E-state index in [2.05, 4.69) is 34.5 Å². The van der Waals surface area contributed by atoms with Crippen LogP contribution >= 0.6 is 23.2 Å². The van der Waals surface area contributed by atoms with E-state index in [9.17, 15) is 4.79 Å². The Kier molecular flexibility index (Phi) is 8.59. The number of fused-ring (bicyclic) bond motifs is 2. The van der Waals surface area contributed by atoms with Crippen molar-refractivity contribution in [3.8, 4) is 5.75 Å². The first-order valence-corrected chi connectivity index (χ1v) is 14.0. The van der Waals surface area contributed by atoms with Crippen LogP contribution in [0.3, 0.4) is 0 Å². The van der Waals surface area contributed by atoms with Crippen molar-refractivity contribution in [2.24, 2.45) is 0 Å². The van der Waals surface area contributed by atoms with Crippen molar-refractivity contribution in [1.82, 2.24) is 10.2 Å². The van der Waals surface area contributed by atoms with Gasteiger partial charge in [0.25, 0.3) is 0 Å². The number of rotatable bonds is 9. The van der Waals surface area contributed by atoms with Crippen molar-refractivity contribution in [3.63, 3.8) is 0 Å². The number of benzene rings is 3. The van der Waals surface area contributed by atoms with Crippen LogP contribution in [0.1, 0.15) is 54.0 Å². The van der Waals surface area contributed by atoms with E-state index >= 15 is 0 Å². The molecular formula is C31H34Cl2N2O3. The third-order valence-corrected chi connectivity index (χ3v) is 8.59. The number of hydrogen-bond donors (Lipinski definition) is 1. The monoisotopic (exact) mass is 552 g/mol. The first kappa shape index (κ1) is 27.0. The van der Waals surface area contributed by atoms with E-state index in [1.54, 1.807) is 13.2 Å². The lowest BCUT2D eigenvalue weighted by Gasteiger charge is -2.39. The zero-order valence-electron chi connectivity index (χ0n) is 21.7. The predicted octanol–water partition coefficient (Wildman–Crippen LogP) is 6.70. The van der Waals surface area contributed by atoms with Crippen LogP contribution in [0.2, 0.25) is 10.0 Å². The lowest BCUT2D eigenvalue weighted by atomic mass is 9.84. The van der Waals surface area contributed by atoms with E-state index < -0.39 is 0 Å². The van der Waals surface area contributed by atoms with Gasteiger partial charge in [-0.1, -0.05) is 65.7 Å². The fourth-order valence-corrected chi connectivity index (χ4v) is 5.99. The largest absolute Gasteiger partial charge is 0.497 e. The van der Waals surface area contributed by atoms with Gasteiger partial charge < -0.3 is 19.7 Å². The fraction of sp³-hybridized carbons (Fsp3) is 0.387. The van der Waals surface area contributed by atoms with Crippen molar-refractivity contribution in [2.45, 2.75) is 50.4 Å². The third-order valence-electron chi connectivity index (χ3n) is 7.85. The molecule has 0 bridgehead atoms. The highest BCUT2D eigenvalue weighted by Gasteiger charge is 2.42. The number of amides is 1. The second-order valence-electron chi connectivity index (χ2n) is 10.2. The molecule has 0 aromatic heterocycles. The molecule has 0 saturated carbocycles. The van der Waals surface area contributed by atoms with E-state index in [0.29, 0.717) is 16.5 Å². The summed E-state index contributed by atoms with van der Waals surface area (Å²) in [4.78, 5) is 15.5. The Morgan fingerprint density at radius 2 is 1.82 bits per heavy atom. The van der Waals surface area contributed by atoms with E-state index in [1.165, 1.54) is 11.1 Å². The number of ether oxygens (including phenoxy) is 2. The van der Waals surface area contributed by atoms with Gasteiger partial charge in [0, 0.05) is 13.1 Å². The van der Waals surface area contributed by atoms with Gasteiger partial charge in [-0.2, -0.15) is 0 Å². The normalized spacial score (nSPS) is 17.2. The van der Waals surface area contributed by atoms with E-state index in [0.717, 1.165) is 68.8 Å². The van der Waals surface area contributed by atoms with Crippen LogP contribution in [0.4, 0.5) is 0 Å². The highest BCUT2D eigenvalue weighted by molar-refractivity contribution is 6.42. The molecule has 1 spiro atoms. The molecular weight excluding hydrogens is 519 g/mol. The predicted molar refractivity (Wildman–Crippen MR) is 152 cm³/mol. The number of likely N-dealkylation sites (tertiary alicyclic amines) is 1. The molecule has 2 aliphatic heterocycles. The average molecular weight is 554 g/mol. The lowest BCUT2D eigenvalue weighted by molar-refractivity contribution is -0.121. The fourth-order valence-electron chi connectivity index (χ4n) is 5.68. The summed E-state index contributed by atoms with van der Waals surface area (Å²) in [6.07, 6.45) is 4.10. The summed E-state index contributed by atoms with van der Waals surface area (Å²) >= 11 is 12.5. The standard InChI is InChI=1S/C31H34Cl2N2O3/c1-37-25-11-8-22(9-12-25)19-30(36)34-29(23-10-13-27(32)28(33)20-23)7-4-16-35-17-14-31(15-18-35)26-6-3-2-5-24(26)21-38-31/h2-3,5-6,8-13,20,29H,4,7,14-19,21H2,1H3,(H,34,36). The van der Waals surface area contributed by atoms with Crippen LogP contribution in [0, 0.1) is 0 Å². The van der Waals surface area contributed by atoms with Gasteiger partial charge >= 0.3 is 0 Å². The lowest BCUT2D eigenvalue weighted by Crippen LogP contribution is -2.43. The number of nitrogens with zero attached hydrogens (tertiary/aromatic N) is 1. The molecule has 1 atom stereocenters. The first-order chi connectivity index (χ1) is 18.5. The topological polar surface area (TPSA) is 50.8 Å². The number of carbonyl (C=O) groups is 1. The van der Waals surface area contributed by atoms with E-state index in [-0.39, 0.29) is 17.6 Å². The molecule has 2 heterocycles. The Balaban J connectivity index is 1.18. The van der Waals surface area contributed by atoms with Crippen LogP contribution in [0.25, 0.3) is 0 Å². The van der Waals surface area contributed by atoms with Gasteiger partial charge in [0.15, 0.2) is 0 Å². The van der Waals surface area contributed by atoms with Gasteiger partial charge in [-0.25, -0.2) is 0 Å². The number of methoxy groups -OCH3 is 1. The van der Waals surface area contributed by atoms with Crippen LogP contribution in [0.5, 0.6) is 5.75 Å². The van der Waals surface area contributed by atoms with Crippen LogP contribution in [-0.4, -0.2) is 37.6 Å². The Morgan fingerprint density at radius 1 is 1.05 bits per heavy atom. The molecule has 1 N–H and O–H groups in total. The number of carbonyl (C=O) groups excluding carboxylic acids is 1. The number of piperidine rings is 1. The SMILES string of the molecule is COc1ccc(CC(=O)NC(CCCN2CCC3(CC2)OCc2ccccc23)c2ccc(Cl)c(Cl)c2)cc1. The summed E-state index contributed by atoms with van der Waals surface area (Å²) in [5, 5.41) is 4.24. The first-order valence-electron chi connectivity index (χ1n) is 13.3. The quantitative estimate of drug-likeness (QED) is 0.320. The average Bonchev–Trinajstić information content (AvgIpc) is 3.29. The highest BCUT2D eigenvalue weighted by Crippen LogP contribution is 2.44. The minimum atomic E-state index is -0.142. The molecule has 5 rings (SSSR count). The maximum Gasteiger partial charge on any atom is 0.224 e. The minimum Gasteiger partial charge on any atom is -0.497 e. The molecule has 7 heteroatoms. The van der Waals surface area contributed by atoms with Crippen molar-refractivity contribution >= 4 is 29.1 Å². The molecule has 3 aromatic rings.